The zero-order chi connectivity index (χ0) is 20.9. The van der Waals surface area contributed by atoms with E-state index in [9.17, 15) is 9.59 Å². The fraction of sp³-hybridized carbons (Fsp3) is 0.261. The maximum absolute atomic E-state index is 13.2. The SMILES string of the molecule is NC(=O)CN1CCC(NC(=O)c2cn(-c3ccccc3)nc2-c2ccccc2)CC1. The second kappa shape index (κ2) is 8.92. The number of primary amides is 1. The normalized spacial score (nSPS) is 15.1. The van der Waals surface area contributed by atoms with Gasteiger partial charge in [-0.1, -0.05) is 48.5 Å². The van der Waals surface area contributed by atoms with Gasteiger partial charge in [-0.25, -0.2) is 4.68 Å². The number of para-hydroxylation sites is 1. The predicted molar refractivity (Wildman–Crippen MR) is 115 cm³/mol. The van der Waals surface area contributed by atoms with E-state index in [1.54, 1.807) is 10.9 Å². The number of carbonyl (C=O) groups excluding carboxylic acids is 2. The average molecular weight is 403 g/mol. The molecule has 154 valence electrons. The number of carbonyl (C=O) groups is 2. The summed E-state index contributed by atoms with van der Waals surface area (Å²) < 4.78 is 1.74. The van der Waals surface area contributed by atoms with Crippen LogP contribution in [0.25, 0.3) is 16.9 Å². The molecule has 0 saturated carbocycles. The predicted octanol–water partition coefficient (Wildman–Crippen LogP) is 2.22. The van der Waals surface area contributed by atoms with Crippen LogP contribution in [0, 0.1) is 0 Å². The molecule has 1 saturated heterocycles. The third-order valence-corrected chi connectivity index (χ3v) is 5.33. The minimum atomic E-state index is -0.321. The van der Waals surface area contributed by atoms with Crippen molar-refractivity contribution in [1.82, 2.24) is 20.0 Å². The van der Waals surface area contributed by atoms with Gasteiger partial charge in [0.05, 0.1) is 17.8 Å². The highest BCUT2D eigenvalue weighted by Crippen LogP contribution is 2.24. The minimum absolute atomic E-state index is 0.0605. The topological polar surface area (TPSA) is 93.3 Å². The van der Waals surface area contributed by atoms with E-state index in [4.69, 9.17) is 10.8 Å². The van der Waals surface area contributed by atoms with Crippen LogP contribution in [0.15, 0.2) is 66.9 Å². The van der Waals surface area contributed by atoms with Crippen LogP contribution in [0.1, 0.15) is 23.2 Å². The number of nitrogens with one attached hydrogen (secondary N) is 1. The molecule has 1 aliphatic heterocycles. The van der Waals surface area contributed by atoms with E-state index in [0.29, 0.717) is 11.3 Å². The molecule has 0 aliphatic carbocycles. The third-order valence-electron chi connectivity index (χ3n) is 5.33. The first-order valence-corrected chi connectivity index (χ1v) is 10.1. The third kappa shape index (κ3) is 4.58. The molecule has 3 N–H and O–H groups in total. The van der Waals surface area contributed by atoms with Gasteiger partial charge in [0.15, 0.2) is 0 Å². The maximum atomic E-state index is 13.2. The molecule has 2 heterocycles. The molecule has 1 aromatic heterocycles. The molecule has 1 fully saturated rings. The molecular weight excluding hydrogens is 378 g/mol. The van der Waals surface area contributed by atoms with Gasteiger partial charge in [0.2, 0.25) is 5.91 Å². The Morgan fingerprint density at radius 1 is 1.00 bits per heavy atom. The molecule has 0 unspecified atom stereocenters. The molecule has 3 aromatic rings. The number of rotatable bonds is 6. The summed E-state index contributed by atoms with van der Waals surface area (Å²) in [5, 5.41) is 7.85. The Morgan fingerprint density at radius 3 is 2.27 bits per heavy atom. The lowest BCUT2D eigenvalue weighted by molar-refractivity contribution is -0.119. The van der Waals surface area contributed by atoms with Crippen LogP contribution in [0.4, 0.5) is 0 Å². The van der Waals surface area contributed by atoms with E-state index >= 15 is 0 Å². The van der Waals surface area contributed by atoms with Gasteiger partial charge in [-0.2, -0.15) is 5.10 Å². The van der Waals surface area contributed by atoms with Crippen molar-refractivity contribution >= 4 is 11.8 Å². The number of hydrogen-bond acceptors (Lipinski definition) is 4. The van der Waals surface area contributed by atoms with Crippen molar-refractivity contribution in [3.63, 3.8) is 0 Å². The Hall–Kier alpha value is -3.45. The lowest BCUT2D eigenvalue weighted by atomic mass is 10.0. The van der Waals surface area contributed by atoms with Gasteiger partial charge in [0, 0.05) is 30.9 Å². The average Bonchev–Trinajstić information content (AvgIpc) is 3.22. The maximum Gasteiger partial charge on any atom is 0.255 e. The Morgan fingerprint density at radius 2 is 1.63 bits per heavy atom. The second-order valence-corrected chi connectivity index (χ2v) is 7.53. The quantitative estimate of drug-likeness (QED) is 0.660. The summed E-state index contributed by atoms with van der Waals surface area (Å²) in [5.41, 5.74) is 8.27. The lowest BCUT2D eigenvalue weighted by Crippen LogP contribution is -2.46. The van der Waals surface area contributed by atoms with Gasteiger partial charge in [-0.15, -0.1) is 0 Å². The highest BCUT2D eigenvalue weighted by molar-refractivity contribution is 6.00. The van der Waals surface area contributed by atoms with Crippen LogP contribution >= 0.6 is 0 Å². The molecule has 0 atom stereocenters. The Bertz CT molecular complexity index is 1010. The number of benzene rings is 2. The van der Waals surface area contributed by atoms with E-state index < -0.39 is 0 Å². The summed E-state index contributed by atoms with van der Waals surface area (Å²) in [6.45, 7) is 1.74. The summed E-state index contributed by atoms with van der Waals surface area (Å²) in [6.07, 6.45) is 3.36. The molecule has 7 heteroatoms. The zero-order valence-corrected chi connectivity index (χ0v) is 16.7. The standard InChI is InChI=1S/C23H25N5O2/c24-21(29)16-27-13-11-18(12-14-27)25-23(30)20-15-28(19-9-5-2-6-10-19)26-22(20)17-7-3-1-4-8-17/h1-10,15,18H,11-14,16H2,(H2,24,29)(H,25,30). The van der Waals surface area contributed by atoms with Gasteiger partial charge in [-0.05, 0) is 25.0 Å². The first-order valence-electron chi connectivity index (χ1n) is 10.1. The van der Waals surface area contributed by atoms with Crippen molar-refractivity contribution in [3.8, 4) is 16.9 Å². The molecule has 2 aromatic carbocycles. The summed E-state index contributed by atoms with van der Waals surface area (Å²) in [7, 11) is 0. The first-order chi connectivity index (χ1) is 14.6. The van der Waals surface area contributed by atoms with Gasteiger partial charge in [0.25, 0.3) is 5.91 Å². The number of amides is 2. The summed E-state index contributed by atoms with van der Waals surface area (Å²) in [4.78, 5) is 26.3. The zero-order valence-electron chi connectivity index (χ0n) is 16.7. The molecule has 7 nitrogen and oxygen atoms in total. The van der Waals surface area contributed by atoms with Gasteiger partial charge < -0.3 is 11.1 Å². The molecule has 0 spiro atoms. The number of nitrogens with zero attached hydrogens (tertiary/aromatic N) is 3. The molecule has 30 heavy (non-hydrogen) atoms. The highest BCUT2D eigenvalue weighted by Gasteiger charge is 2.24. The summed E-state index contributed by atoms with van der Waals surface area (Å²) in [5.74, 6) is -0.456. The lowest BCUT2D eigenvalue weighted by Gasteiger charge is -2.31. The second-order valence-electron chi connectivity index (χ2n) is 7.53. The van der Waals surface area contributed by atoms with E-state index in [2.05, 4.69) is 5.32 Å². The van der Waals surface area contributed by atoms with E-state index in [1.165, 1.54) is 0 Å². The van der Waals surface area contributed by atoms with Crippen molar-refractivity contribution < 1.29 is 9.59 Å². The van der Waals surface area contributed by atoms with Crippen molar-refractivity contribution in [3.05, 3.63) is 72.4 Å². The monoisotopic (exact) mass is 403 g/mol. The number of piperidine rings is 1. The van der Waals surface area contributed by atoms with Crippen molar-refractivity contribution in [2.24, 2.45) is 5.73 Å². The smallest absolute Gasteiger partial charge is 0.255 e. The van der Waals surface area contributed by atoms with Crippen LogP contribution in [-0.2, 0) is 4.79 Å². The van der Waals surface area contributed by atoms with Crippen LogP contribution in [0.3, 0.4) is 0 Å². The van der Waals surface area contributed by atoms with Crippen molar-refractivity contribution in [1.29, 1.82) is 0 Å². The number of hydrogen-bond donors (Lipinski definition) is 2. The fourth-order valence-electron chi connectivity index (χ4n) is 3.78. The molecule has 0 radical (unpaired) electrons. The van der Waals surface area contributed by atoms with Crippen LogP contribution < -0.4 is 11.1 Å². The van der Waals surface area contributed by atoms with Crippen LogP contribution in [0.5, 0.6) is 0 Å². The molecule has 2 amide bonds. The first kappa shape index (κ1) is 19.8. The highest BCUT2D eigenvalue weighted by atomic mass is 16.2. The number of nitrogens with two attached hydrogens (primary N) is 1. The van der Waals surface area contributed by atoms with Gasteiger partial charge in [0.1, 0.15) is 5.69 Å². The Kier molecular flexibility index (Phi) is 5.90. The largest absolute Gasteiger partial charge is 0.369 e. The number of likely N-dealkylation sites (tertiary alicyclic amines) is 1. The van der Waals surface area contributed by atoms with E-state index in [-0.39, 0.29) is 24.4 Å². The van der Waals surface area contributed by atoms with E-state index in [0.717, 1.165) is 37.2 Å². The van der Waals surface area contributed by atoms with Crippen molar-refractivity contribution in [2.75, 3.05) is 19.6 Å². The molecule has 1 aliphatic rings. The van der Waals surface area contributed by atoms with E-state index in [1.807, 2.05) is 65.6 Å². The molecule has 4 rings (SSSR count). The van der Waals surface area contributed by atoms with Gasteiger partial charge >= 0.3 is 0 Å². The van der Waals surface area contributed by atoms with Crippen LogP contribution in [-0.4, -0.2) is 52.2 Å². The van der Waals surface area contributed by atoms with Crippen molar-refractivity contribution in [2.45, 2.75) is 18.9 Å². The molecule has 0 bridgehead atoms. The molecular formula is C23H25N5O2. The Labute approximate surface area is 175 Å². The Balaban J connectivity index is 1.54. The summed E-state index contributed by atoms with van der Waals surface area (Å²) in [6, 6.07) is 19.5. The fourth-order valence-corrected chi connectivity index (χ4v) is 3.78. The minimum Gasteiger partial charge on any atom is -0.369 e. The van der Waals surface area contributed by atoms with Crippen LogP contribution in [0.2, 0.25) is 0 Å². The van der Waals surface area contributed by atoms with Gasteiger partial charge in [-0.3, -0.25) is 14.5 Å². The number of aromatic nitrogens is 2. The summed E-state index contributed by atoms with van der Waals surface area (Å²) >= 11 is 0.